The van der Waals surface area contributed by atoms with Gasteiger partial charge >= 0.3 is 0 Å². The molecule has 0 atom stereocenters. The Morgan fingerprint density at radius 2 is 1.94 bits per heavy atom. The molecule has 84 valence electrons. The highest BCUT2D eigenvalue weighted by Gasteiger charge is 2.22. The number of ketones is 1. The molecule has 0 unspecified atom stereocenters. The minimum Gasteiger partial charge on any atom is -0.402 e. The molecule has 1 aromatic rings. The lowest BCUT2D eigenvalue weighted by Gasteiger charge is -2.05. The van der Waals surface area contributed by atoms with Gasteiger partial charge in [0.05, 0.1) is 0 Å². The number of hydrogen-bond donors (Lipinski definition) is 1. The summed E-state index contributed by atoms with van der Waals surface area (Å²) in [6.07, 6.45) is 4.21. The van der Waals surface area contributed by atoms with Crippen molar-refractivity contribution in [2.75, 3.05) is 0 Å². The van der Waals surface area contributed by atoms with Crippen molar-refractivity contribution >= 4 is 5.78 Å². The van der Waals surface area contributed by atoms with Gasteiger partial charge in [-0.25, -0.2) is 0 Å². The predicted octanol–water partition coefficient (Wildman–Crippen LogP) is 2.22. The highest BCUT2D eigenvalue weighted by atomic mass is 16.1. The Hall–Kier alpha value is -1.57. The molecule has 1 aromatic carbocycles. The molecule has 1 aliphatic carbocycles. The van der Waals surface area contributed by atoms with Crippen molar-refractivity contribution in [1.29, 1.82) is 0 Å². The fraction of sp³-hybridized carbons (Fsp3) is 0.357. The maximum absolute atomic E-state index is 11.6. The zero-order valence-corrected chi connectivity index (χ0v) is 9.57. The summed E-state index contributed by atoms with van der Waals surface area (Å²) in [5.41, 5.74) is 8.88. The van der Waals surface area contributed by atoms with Crippen molar-refractivity contribution in [3.63, 3.8) is 0 Å². The second-order valence-corrected chi connectivity index (χ2v) is 4.60. The van der Waals surface area contributed by atoms with Crippen LogP contribution in [0.2, 0.25) is 0 Å². The number of nitrogens with two attached hydrogens (primary N) is 1. The first-order valence-corrected chi connectivity index (χ1v) is 5.68. The first-order chi connectivity index (χ1) is 7.65. The molecule has 0 heterocycles. The molecule has 0 bridgehead atoms. The number of carbonyl (C=O) groups excluding carboxylic acids is 1. The van der Waals surface area contributed by atoms with Crippen molar-refractivity contribution in [3.05, 3.63) is 47.2 Å². The third kappa shape index (κ3) is 2.51. The summed E-state index contributed by atoms with van der Waals surface area (Å²) in [6, 6.07) is 8.44. The fourth-order valence-electron chi connectivity index (χ4n) is 2.39. The van der Waals surface area contributed by atoms with E-state index in [1.54, 1.807) is 13.0 Å². The number of benzene rings is 1. The van der Waals surface area contributed by atoms with Crippen molar-refractivity contribution < 1.29 is 4.79 Å². The number of fused-ring (bicyclic) bond motifs is 1. The molecule has 2 rings (SSSR count). The summed E-state index contributed by atoms with van der Waals surface area (Å²) in [5, 5.41) is 0. The first-order valence-electron chi connectivity index (χ1n) is 5.68. The Bertz CT molecular complexity index is 405. The van der Waals surface area contributed by atoms with Crippen molar-refractivity contribution in [2.24, 2.45) is 11.7 Å². The fourth-order valence-corrected chi connectivity index (χ4v) is 2.39. The Kier molecular flexibility index (Phi) is 3.09. The molecule has 0 fully saturated rings. The van der Waals surface area contributed by atoms with E-state index in [2.05, 4.69) is 24.3 Å². The van der Waals surface area contributed by atoms with Gasteiger partial charge in [-0.15, -0.1) is 0 Å². The molecular weight excluding hydrogens is 198 g/mol. The van der Waals surface area contributed by atoms with Gasteiger partial charge in [0, 0.05) is 12.1 Å². The average Bonchev–Trinajstić information content (AvgIpc) is 2.57. The lowest BCUT2D eigenvalue weighted by molar-refractivity contribution is -0.115. The number of rotatable bonds is 3. The molecule has 0 spiro atoms. The normalized spacial score (nSPS) is 16.2. The highest BCUT2D eigenvalue weighted by molar-refractivity contribution is 5.90. The van der Waals surface area contributed by atoms with Gasteiger partial charge < -0.3 is 5.73 Å². The quantitative estimate of drug-likeness (QED) is 0.786. The van der Waals surface area contributed by atoms with E-state index >= 15 is 0 Å². The molecule has 0 aliphatic heterocycles. The van der Waals surface area contributed by atoms with E-state index in [9.17, 15) is 4.79 Å². The van der Waals surface area contributed by atoms with Crippen molar-refractivity contribution in [1.82, 2.24) is 0 Å². The topological polar surface area (TPSA) is 43.1 Å². The van der Waals surface area contributed by atoms with Crippen LogP contribution in [0.3, 0.4) is 0 Å². The zero-order valence-electron chi connectivity index (χ0n) is 9.57. The van der Waals surface area contributed by atoms with Crippen LogP contribution in [-0.2, 0) is 17.6 Å². The first kappa shape index (κ1) is 10.9. The highest BCUT2D eigenvalue weighted by Crippen LogP contribution is 2.28. The van der Waals surface area contributed by atoms with Crippen LogP contribution < -0.4 is 5.73 Å². The van der Waals surface area contributed by atoms with E-state index in [0.717, 1.165) is 12.8 Å². The minimum atomic E-state index is 0.151. The van der Waals surface area contributed by atoms with Crippen LogP contribution in [0, 0.1) is 5.92 Å². The van der Waals surface area contributed by atoms with Gasteiger partial charge in [0.15, 0.2) is 5.78 Å². The Labute approximate surface area is 96.2 Å². The third-order valence-corrected chi connectivity index (χ3v) is 3.01. The van der Waals surface area contributed by atoms with E-state index in [-0.39, 0.29) is 5.78 Å². The summed E-state index contributed by atoms with van der Waals surface area (Å²) in [6.45, 7) is 1.75. The standard InChI is InChI=1S/C14H17NO/c1-10(15)6-14(16)9-11-7-12-4-2-3-5-13(12)8-11/h2-6,11H,7-9,15H2,1H3/b10-6-. The number of carbonyl (C=O) groups is 1. The second kappa shape index (κ2) is 4.52. The zero-order chi connectivity index (χ0) is 11.5. The van der Waals surface area contributed by atoms with Crippen LogP contribution in [0.1, 0.15) is 24.5 Å². The van der Waals surface area contributed by atoms with Crippen LogP contribution in [0.15, 0.2) is 36.0 Å². The van der Waals surface area contributed by atoms with Gasteiger partial charge in [-0.1, -0.05) is 24.3 Å². The SMILES string of the molecule is C/C(N)=C/C(=O)CC1Cc2ccccc2C1. The molecular formula is C14H17NO. The monoisotopic (exact) mass is 215 g/mol. The summed E-state index contributed by atoms with van der Waals surface area (Å²) < 4.78 is 0. The van der Waals surface area contributed by atoms with Gasteiger partial charge in [0.1, 0.15) is 0 Å². The Morgan fingerprint density at radius 1 is 1.38 bits per heavy atom. The van der Waals surface area contributed by atoms with Gasteiger partial charge in [-0.05, 0) is 42.9 Å². The van der Waals surface area contributed by atoms with E-state index in [1.165, 1.54) is 11.1 Å². The lowest BCUT2D eigenvalue weighted by atomic mass is 9.99. The van der Waals surface area contributed by atoms with Crippen molar-refractivity contribution in [3.8, 4) is 0 Å². The summed E-state index contributed by atoms with van der Waals surface area (Å²) in [5.74, 6) is 0.610. The van der Waals surface area contributed by atoms with E-state index in [4.69, 9.17) is 5.73 Å². The summed E-state index contributed by atoms with van der Waals surface area (Å²) in [4.78, 5) is 11.6. The second-order valence-electron chi connectivity index (χ2n) is 4.60. The Morgan fingerprint density at radius 3 is 2.44 bits per heavy atom. The molecule has 2 nitrogen and oxygen atoms in total. The average molecular weight is 215 g/mol. The van der Waals surface area contributed by atoms with Crippen LogP contribution in [0.25, 0.3) is 0 Å². The lowest BCUT2D eigenvalue weighted by Crippen LogP contribution is -2.08. The molecule has 0 saturated carbocycles. The van der Waals surface area contributed by atoms with Crippen LogP contribution >= 0.6 is 0 Å². The molecule has 2 N–H and O–H groups in total. The summed E-state index contributed by atoms with van der Waals surface area (Å²) in [7, 11) is 0. The van der Waals surface area contributed by atoms with Crippen molar-refractivity contribution in [2.45, 2.75) is 26.2 Å². The van der Waals surface area contributed by atoms with Gasteiger partial charge in [-0.3, -0.25) is 4.79 Å². The van der Waals surface area contributed by atoms with E-state index in [0.29, 0.717) is 18.0 Å². The van der Waals surface area contributed by atoms with E-state index < -0.39 is 0 Å². The van der Waals surface area contributed by atoms with Gasteiger partial charge in [-0.2, -0.15) is 0 Å². The smallest absolute Gasteiger partial charge is 0.157 e. The minimum absolute atomic E-state index is 0.151. The van der Waals surface area contributed by atoms with Gasteiger partial charge in [0.25, 0.3) is 0 Å². The molecule has 0 radical (unpaired) electrons. The Balaban J connectivity index is 1.97. The molecule has 0 saturated heterocycles. The maximum atomic E-state index is 11.6. The van der Waals surface area contributed by atoms with Gasteiger partial charge in [0.2, 0.25) is 0 Å². The molecule has 0 aromatic heterocycles. The predicted molar refractivity (Wildman–Crippen MR) is 64.9 cm³/mol. The van der Waals surface area contributed by atoms with E-state index in [1.807, 2.05) is 0 Å². The molecule has 1 aliphatic rings. The molecule has 2 heteroatoms. The third-order valence-electron chi connectivity index (χ3n) is 3.01. The van der Waals surface area contributed by atoms with Crippen LogP contribution in [0.4, 0.5) is 0 Å². The molecule has 16 heavy (non-hydrogen) atoms. The molecule has 0 amide bonds. The number of hydrogen-bond acceptors (Lipinski definition) is 2. The maximum Gasteiger partial charge on any atom is 0.157 e. The largest absolute Gasteiger partial charge is 0.402 e. The number of allylic oxidation sites excluding steroid dienone is 2. The van der Waals surface area contributed by atoms with Crippen LogP contribution in [-0.4, -0.2) is 5.78 Å². The van der Waals surface area contributed by atoms with Crippen LogP contribution in [0.5, 0.6) is 0 Å². The summed E-state index contributed by atoms with van der Waals surface area (Å²) >= 11 is 0.